The van der Waals surface area contributed by atoms with E-state index < -0.39 is 0 Å². The van der Waals surface area contributed by atoms with Gasteiger partial charge in [0, 0.05) is 23.1 Å². The molecule has 0 atom stereocenters. The second-order valence-corrected chi connectivity index (χ2v) is 9.47. The Hall–Kier alpha value is -2.35. The molecule has 3 aliphatic carbocycles. The van der Waals surface area contributed by atoms with Gasteiger partial charge in [-0.1, -0.05) is 38.1 Å². The molecule has 0 spiro atoms. The van der Waals surface area contributed by atoms with Crippen LogP contribution in [0.2, 0.25) is 0 Å². The Morgan fingerprint density at radius 2 is 1.85 bits per heavy atom. The first-order valence-electron chi connectivity index (χ1n) is 9.90. The Labute approximate surface area is 161 Å². The topological polar surface area (TPSA) is 55.3 Å². The number of benzene rings is 1. The van der Waals surface area contributed by atoms with E-state index in [2.05, 4.69) is 36.1 Å². The molecule has 2 aromatic rings. The van der Waals surface area contributed by atoms with E-state index in [9.17, 15) is 0 Å². The van der Waals surface area contributed by atoms with Crippen LogP contribution in [0.1, 0.15) is 71.0 Å². The second kappa shape index (κ2) is 6.37. The van der Waals surface area contributed by atoms with Crippen molar-refractivity contribution in [1.29, 1.82) is 0 Å². The van der Waals surface area contributed by atoms with Crippen LogP contribution in [0.15, 0.2) is 28.8 Å². The summed E-state index contributed by atoms with van der Waals surface area (Å²) in [6.45, 7) is 14.5. The zero-order valence-corrected chi connectivity index (χ0v) is 16.5. The first-order valence-corrected chi connectivity index (χ1v) is 9.90. The molecule has 3 saturated carbocycles. The van der Waals surface area contributed by atoms with Gasteiger partial charge >= 0.3 is 0 Å². The Kier molecular flexibility index (Phi) is 4.25. The quantitative estimate of drug-likeness (QED) is 0.715. The Balaban J connectivity index is 1.43. The van der Waals surface area contributed by atoms with Gasteiger partial charge in [-0.25, -0.2) is 4.85 Å². The molecule has 1 N–H and O–H groups in total. The summed E-state index contributed by atoms with van der Waals surface area (Å²) in [5.74, 6) is 1.68. The van der Waals surface area contributed by atoms with Crippen LogP contribution in [0, 0.1) is 12.0 Å². The van der Waals surface area contributed by atoms with E-state index in [4.69, 9.17) is 16.1 Å². The zero-order chi connectivity index (χ0) is 19.1. The number of nitrogens with zero attached hydrogens (tertiary/aromatic N) is 3. The standard InChI is InChI=1S/C22H28N4O/c1-20(2,3)18-25-19(27-26-18)22-11-8-21(9-12-22,10-13-22)15-24-17-7-5-6-16(14-17)23-4/h5-7,14,24H,8-13,15H2,1-3H3. The molecule has 0 aliphatic heterocycles. The van der Waals surface area contributed by atoms with Gasteiger partial charge in [-0.3, -0.25) is 0 Å². The minimum atomic E-state index is -0.0741. The molecule has 0 amide bonds. The van der Waals surface area contributed by atoms with Crippen LogP contribution in [-0.2, 0) is 10.8 Å². The predicted octanol–water partition coefficient (Wildman–Crippen LogP) is 5.62. The average Bonchev–Trinajstić information content (AvgIpc) is 3.20. The number of anilines is 1. The molecule has 3 aliphatic rings. The highest BCUT2D eigenvalue weighted by atomic mass is 16.5. The van der Waals surface area contributed by atoms with Gasteiger partial charge in [0.1, 0.15) is 0 Å². The van der Waals surface area contributed by atoms with Gasteiger partial charge in [-0.2, -0.15) is 4.98 Å². The largest absolute Gasteiger partial charge is 0.386 e. The van der Waals surface area contributed by atoms with E-state index in [1.54, 1.807) is 0 Å². The molecule has 0 unspecified atom stereocenters. The molecule has 5 rings (SSSR count). The van der Waals surface area contributed by atoms with Crippen LogP contribution in [0.3, 0.4) is 0 Å². The molecular weight excluding hydrogens is 336 g/mol. The van der Waals surface area contributed by atoms with Gasteiger partial charge in [0.2, 0.25) is 5.89 Å². The molecule has 2 bridgehead atoms. The number of rotatable bonds is 4. The van der Waals surface area contributed by atoms with Crippen molar-refractivity contribution in [3.63, 3.8) is 0 Å². The smallest absolute Gasteiger partial charge is 0.232 e. The van der Waals surface area contributed by atoms with Crippen LogP contribution < -0.4 is 5.32 Å². The van der Waals surface area contributed by atoms with E-state index in [1.165, 1.54) is 19.3 Å². The highest BCUT2D eigenvalue weighted by Gasteiger charge is 2.52. The number of fused-ring (bicyclic) bond motifs is 3. The maximum absolute atomic E-state index is 7.17. The van der Waals surface area contributed by atoms with Crippen LogP contribution >= 0.6 is 0 Å². The fourth-order valence-electron chi connectivity index (χ4n) is 4.57. The Morgan fingerprint density at radius 1 is 1.15 bits per heavy atom. The van der Waals surface area contributed by atoms with Crippen molar-refractivity contribution in [2.24, 2.45) is 5.41 Å². The molecule has 1 aromatic heterocycles. The molecule has 1 heterocycles. The molecule has 5 nitrogen and oxygen atoms in total. The molecule has 1 aromatic carbocycles. The van der Waals surface area contributed by atoms with E-state index >= 15 is 0 Å². The highest BCUT2D eigenvalue weighted by Crippen LogP contribution is 2.57. The van der Waals surface area contributed by atoms with Gasteiger partial charge < -0.3 is 9.84 Å². The summed E-state index contributed by atoms with van der Waals surface area (Å²) in [5, 5.41) is 7.85. The summed E-state index contributed by atoms with van der Waals surface area (Å²) in [6.07, 6.45) is 6.95. The minimum Gasteiger partial charge on any atom is -0.386 e. The Bertz CT molecular complexity index is 846. The Morgan fingerprint density at radius 3 is 2.44 bits per heavy atom. The molecule has 0 saturated heterocycles. The molecule has 27 heavy (non-hydrogen) atoms. The van der Waals surface area contributed by atoms with Crippen molar-refractivity contribution in [3.05, 3.63) is 47.4 Å². The molecular formula is C22H28N4O. The fourth-order valence-corrected chi connectivity index (χ4v) is 4.57. The third-order valence-corrected chi connectivity index (χ3v) is 6.59. The lowest BCUT2D eigenvalue weighted by Gasteiger charge is -2.52. The fraction of sp³-hybridized carbons (Fsp3) is 0.591. The van der Waals surface area contributed by atoms with Crippen LogP contribution in [-0.4, -0.2) is 16.7 Å². The third-order valence-electron chi connectivity index (χ3n) is 6.59. The monoisotopic (exact) mass is 364 g/mol. The number of nitrogens with one attached hydrogen (secondary N) is 1. The first-order chi connectivity index (χ1) is 12.8. The normalized spacial score (nSPS) is 27.3. The van der Waals surface area contributed by atoms with Gasteiger partial charge in [-0.15, -0.1) is 0 Å². The molecule has 5 heteroatoms. The van der Waals surface area contributed by atoms with E-state index in [0.717, 1.165) is 43.2 Å². The van der Waals surface area contributed by atoms with Gasteiger partial charge in [0.05, 0.1) is 6.57 Å². The lowest BCUT2D eigenvalue weighted by Crippen LogP contribution is -2.47. The highest BCUT2D eigenvalue weighted by molar-refractivity contribution is 5.57. The number of hydrogen-bond acceptors (Lipinski definition) is 4. The SMILES string of the molecule is [C-]#[N+]c1cccc(NCC23CCC(c4nc(C(C)(C)C)no4)(CC2)CC3)c1. The van der Waals surface area contributed by atoms with E-state index in [1.807, 2.05) is 24.3 Å². The van der Waals surface area contributed by atoms with Crippen molar-refractivity contribution in [3.8, 4) is 0 Å². The summed E-state index contributed by atoms with van der Waals surface area (Å²) in [7, 11) is 0. The van der Waals surface area contributed by atoms with Crippen molar-refractivity contribution in [2.45, 2.75) is 70.1 Å². The van der Waals surface area contributed by atoms with Crippen molar-refractivity contribution in [1.82, 2.24) is 10.1 Å². The van der Waals surface area contributed by atoms with E-state index in [-0.39, 0.29) is 10.8 Å². The molecule has 142 valence electrons. The lowest BCUT2D eigenvalue weighted by molar-refractivity contribution is 0.0322. The first kappa shape index (κ1) is 18.0. The second-order valence-electron chi connectivity index (χ2n) is 9.47. The maximum Gasteiger partial charge on any atom is 0.232 e. The minimum absolute atomic E-state index is 0.0741. The van der Waals surface area contributed by atoms with Gasteiger partial charge in [-0.05, 0) is 56.1 Å². The lowest BCUT2D eigenvalue weighted by atomic mass is 9.53. The maximum atomic E-state index is 7.17. The average molecular weight is 364 g/mol. The van der Waals surface area contributed by atoms with Gasteiger partial charge in [0.25, 0.3) is 0 Å². The summed E-state index contributed by atoms with van der Waals surface area (Å²) >= 11 is 0. The van der Waals surface area contributed by atoms with E-state index in [0.29, 0.717) is 11.1 Å². The predicted molar refractivity (Wildman–Crippen MR) is 106 cm³/mol. The summed E-state index contributed by atoms with van der Waals surface area (Å²) in [5.41, 5.74) is 2.10. The molecule has 3 fully saturated rings. The van der Waals surface area contributed by atoms with Crippen LogP contribution in [0.25, 0.3) is 4.85 Å². The number of hydrogen-bond donors (Lipinski definition) is 1. The summed E-state index contributed by atoms with van der Waals surface area (Å²) < 4.78 is 5.73. The van der Waals surface area contributed by atoms with Gasteiger partial charge in [0.15, 0.2) is 11.5 Å². The van der Waals surface area contributed by atoms with Crippen LogP contribution in [0.5, 0.6) is 0 Å². The van der Waals surface area contributed by atoms with Crippen molar-refractivity contribution < 1.29 is 4.52 Å². The third kappa shape index (κ3) is 3.34. The number of aromatic nitrogens is 2. The van der Waals surface area contributed by atoms with Crippen LogP contribution in [0.4, 0.5) is 11.4 Å². The molecule has 0 radical (unpaired) electrons. The zero-order valence-electron chi connectivity index (χ0n) is 16.5. The summed E-state index contributed by atoms with van der Waals surface area (Å²) in [4.78, 5) is 8.31. The van der Waals surface area contributed by atoms with Crippen molar-refractivity contribution in [2.75, 3.05) is 11.9 Å². The summed E-state index contributed by atoms with van der Waals surface area (Å²) in [6, 6.07) is 7.78. The van der Waals surface area contributed by atoms with Crippen molar-refractivity contribution >= 4 is 11.4 Å².